The van der Waals surface area contributed by atoms with E-state index in [2.05, 4.69) is 63.0 Å². The Morgan fingerprint density at radius 3 is 2.25 bits per heavy atom. The maximum Gasteiger partial charge on any atom is 0.122 e. The molecule has 1 saturated carbocycles. The largest absolute Gasteiger partial charge is 0.308 e. The second kappa shape index (κ2) is 7.40. The average molecular weight is 280 g/mol. The van der Waals surface area contributed by atoms with E-state index in [-0.39, 0.29) is 5.54 Å². The fourth-order valence-electron chi connectivity index (χ4n) is 3.09. The summed E-state index contributed by atoms with van der Waals surface area (Å²) in [6, 6.07) is 3.43. The van der Waals surface area contributed by atoms with E-state index in [1.165, 1.54) is 12.8 Å². The highest BCUT2D eigenvalue weighted by Gasteiger charge is 2.47. The molecule has 116 valence electrons. The minimum atomic E-state index is -0.370. The monoisotopic (exact) mass is 280 g/mol. The first-order valence-corrected chi connectivity index (χ1v) is 7.92. The zero-order valence-electron chi connectivity index (χ0n) is 14.1. The van der Waals surface area contributed by atoms with E-state index in [0.29, 0.717) is 18.0 Å². The summed E-state index contributed by atoms with van der Waals surface area (Å²) in [6.45, 7) is 11.6. The highest BCUT2D eigenvalue weighted by atomic mass is 15.2. The van der Waals surface area contributed by atoms with Crippen LogP contribution in [-0.4, -0.2) is 61.2 Å². The fraction of sp³-hybridized carbons (Fsp3) is 0.938. The number of nitriles is 1. The van der Waals surface area contributed by atoms with Crippen molar-refractivity contribution in [3.8, 4) is 6.07 Å². The first kappa shape index (κ1) is 17.4. The maximum absolute atomic E-state index is 9.79. The highest BCUT2D eigenvalue weighted by molar-refractivity contribution is 5.17. The molecule has 4 nitrogen and oxygen atoms in total. The molecule has 20 heavy (non-hydrogen) atoms. The lowest BCUT2D eigenvalue weighted by Crippen LogP contribution is -2.58. The van der Waals surface area contributed by atoms with E-state index >= 15 is 0 Å². The summed E-state index contributed by atoms with van der Waals surface area (Å²) in [7, 11) is 4.21. The van der Waals surface area contributed by atoms with E-state index in [1.54, 1.807) is 0 Å². The van der Waals surface area contributed by atoms with Gasteiger partial charge in [0.2, 0.25) is 0 Å². The predicted molar refractivity (Wildman–Crippen MR) is 84.6 cm³/mol. The zero-order chi connectivity index (χ0) is 15.3. The van der Waals surface area contributed by atoms with Gasteiger partial charge in [-0.15, -0.1) is 0 Å². The van der Waals surface area contributed by atoms with Crippen LogP contribution >= 0.6 is 0 Å². The van der Waals surface area contributed by atoms with Gasteiger partial charge in [-0.1, -0.05) is 6.92 Å². The van der Waals surface area contributed by atoms with Crippen molar-refractivity contribution in [2.45, 2.75) is 58.2 Å². The maximum atomic E-state index is 9.79. The Kier molecular flexibility index (Phi) is 6.44. The van der Waals surface area contributed by atoms with Gasteiger partial charge in [0.15, 0.2) is 0 Å². The van der Waals surface area contributed by atoms with E-state index in [1.807, 2.05) is 0 Å². The predicted octanol–water partition coefficient (Wildman–Crippen LogP) is 1.93. The third kappa shape index (κ3) is 4.73. The van der Waals surface area contributed by atoms with Crippen LogP contribution in [0.25, 0.3) is 0 Å². The molecular weight excluding hydrogens is 248 g/mol. The Morgan fingerprint density at radius 1 is 1.30 bits per heavy atom. The first-order chi connectivity index (χ1) is 9.34. The molecule has 0 amide bonds. The van der Waals surface area contributed by atoms with E-state index in [0.717, 1.165) is 19.6 Å². The van der Waals surface area contributed by atoms with Crippen LogP contribution in [0.1, 0.15) is 40.5 Å². The van der Waals surface area contributed by atoms with E-state index in [4.69, 9.17) is 0 Å². The van der Waals surface area contributed by atoms with Crippen molar-refractivity contribution in [3.63, 3.8) is 0 Å². The molecule has 0 spiro atoms. The zero-order valence-corrected chi connectivity index (χ0v) is 14.1. The molecule has 0 bridgehead atoms. The molecule has 1 N–H and O–H groups in total. The van der Waals surface area contributed by atoms with Gasteiger partial charge in [0.25, 0.3) is 0 Å². The average Bonchev–Trinajstić information content (AvgIpc) is 3.17. The lowest BCUT2D eigenvalue weighted by Gasteiger charge is -2.38. The Balaban J connectivity index is 2.78. The van der Waals surface area contributed by atoms with Gasteiger partial charge in [-0.25, -0.2) is 0 Å². The molecule has 2 unspecified atom stereocenters. The standard InChI is InChI=1S/C16H32N4/c1-7-20(14(4)10-19(5)6)12-16(11-17,15-8-9-15)18-13(2)3/h13-15,18H,7-10,12H2,1-6H3. The number of nitrogens with one attached hydrogen (secondary N) is 1. The number of hydrogen-bond acceptors (Lipinski definition) is 4. The lowest BCUT2D eigenvalue weighted by atomic mass is 9.92. The van der Waals surface area contributed by atoms with Gasteiger partial charge >= 0.3 is 0 Å². The molecule has 1 aliphatic carbocycles. The highest BCUT2D eigenvalue weighted by Crippen LogP contribution is 2.40. The quantitative estimate of drug-likeness (QED) is 0.701. The van der Waals surface area contributed by atoms with Crippen LogP contribution in [0.4, 0.5) is 0 Å². The van der Waals surface area contributed by atoms with Crippen LogP contribution in [-0.2, 0) is 0 Å². The molecule has 0 aromatic rings. The molecule has 1 rings (SSSR count). The molecule has 1 aliphatic rings. The van der Waals surface area contributed by atoms with Crippen molar-refractivity contribution in [1.29, 1.82) is 5.26 Å². The summed E-state index contributed by atoms with van der Waals surface area (Å²) in [5.74, 6) is 0.524. The van der Waals surface area contributed by atoms with Crippen LogP contribution in [0.2, 0.25) is 0 Å². The van der Waals surface area contributed by atoms with Crippen molar-refractivity contribution < 1.29 is 0 Å². The van der Waals surface area contributed by atoms with Crippen LogP contribution in [0.5, 0.6) is 0 Å². The van der Waals surface area contributed by atoms with Crippen LogP contribution in [0.3, 0.4) is 0 Å². The summed E-state index contributed by atoms with van der Waals surface area (Å²) in [5, 5.41) is 13.4. The van der Waals surface area contributed by atoms with Crippen LogP contribution in [0, 0.1) is 17.2 Å². The van der Waals surface area contributed by atoms with Crippen molar-refractivity contribution in [2.75, 3.05) is 33.7 Å². The lowest BCUT2D eigenvalue weighted by molar-refractivity contribution is 0.134. The van der Waals surface area contributed by atoms with Gasteiger partial charge in [0.1, 0.15) is 5.54 Å². The SMILES string of the molecule is CCN(CC(C#N)(NC(C)C)C1CC1)C(C)CN(C)C. The molecular formula is C16H32N4. The Hall–Kier alpha value is -0.630. The number of likely N-dealkylation sites (N-methyl/N-ethyl adjacent to an activating group) is 2. The fourth-order valence-corrected chi connectivity index (χ4v) is 3.09. The molecule has 0 aliphatic heterocycles. The van der Waals surface area contributed by atoms with Gasteiger partial charge < -0.3 is 4.90 Å². The molecule has 0 heterocycles. The molecule has 0 aromatic heterocycles. The van der Waals surface area contributed by atoms with E-state index in [9.17, 15) is 5.26 Å². The molecule has 0 radical (unpaired) electrons. The van der Waals surface area contributed by atoms with Gasteiger partial charge in [0, 0.05) is 25.2 Å². The Labute approximate surface area is 125 Å². The van der Waals surface area contributed by atoms with Crippen molar-refractivity contribution in [1.82, 2.24) is 15.1 Å². The molecule has 4 heteroatoms. The van der Waals surface area contributed by atoms with Gasteiger partial charge in [-0.2, -0.15) is 5.26 Å². The summed E-state index contributed by atoms with van der Waals surface area (Å²) in [4.78, 5) is 4.66. The summed E-state index contributed by atoms with van der Waals surface area (Å²) in [6.07, 6.45) is 2.37. The third-order valence-electron chi connectivity index (χ3n) is 4.13. The summed E-state index contributed by atoms with van der Waals surface area (Å²) in [5.41, 5.74) is -0.370. The second-order valence-electron chi connectivity index (χ2n) is 6.83. The number of hydrogen-bond donors (Lipinski definition) is 1. The first-order valence-electron chi connectivity index (χ1n) is 7.92. The van der Waals surface area contributed by atoms with Crippen molar-refractivity contribution in [3.05, 3.63) is 0 Å². The second-order valence-corrected chi connectivity index (χ2v) is 6.83. The van der Waals surface area contributed by atoms with Gasteiger partial charge in [-0.05, 0) is 60.2 Å². The number of nitrogens with zero attached hydrogens (tertiary/aromatic N) is 3. The van der Waals surface area contributed by atoms with Crippen LogP contribution in [0.15, 0.2) is 0 Å². The summed E-state index contributed by atoms with van der Waals surface area (Å²) >= 11 is 0. The smallest absolute Gasteiger partial charge is 0.122 e. The van der Waals surface area contributed by atoms with Crippen LogP contribution < -0.4 is 5.32 Å². The Bertz CT molecular complexity index is 330. The molecule has 0 saturated heterocycles. The third-order valence-corrected chi connectivity index (χ3v) is 4.13. The Morgan fingerprint density at radius 2 is 1.90 bits per heavy atom. The molecule has 0 aromatic carbocycles. The molecule has 1 fully saturated rings. The van der Waals surface area contributed by atoms with Crippen molar-refractivity contribution in [2.24, 2.45) is 5.92 Å². The normalized spacial score (nSPS) is 20.2. The van der Waals surface area contributed by atoms with E-state index < -0.39 is 0 Å². The van der Waals surface area contributed by atoms with Gasteiger partial charge in [0.05, 0.1) is 6.07 Å². The number of rotatable bonds is 9. The van der Waals surface area contributed by atoms with Crippen molar-refractivity contribution >= 4 is 0 Å². The van der Waals surface area contributed by atoms with Gasteiger partial charge in [-0.3, -0.25) is 10.2 Å². The summed E-state index contributed by atoms with van der Waals surface area (Å²) < 4.78 is 0. The molecule has 2 atom stereocenters. The minimum Gasteiger partial charge on any atom is -0.308 e. The minimum absolute atomic E-state index is 0.345. The topological polar surface area (TPSA) is 42.3 Å².